The van der Waals surface area contributed by atoms with Crippen LogP contribution in [0.15, 0.2) is 103 Å². The first-order valence-corrected chi connectivity index (χ1v) is 16.0. The third-order valence-electron chi connectivity index (χ3n) is 8.43. The summed E-state index contributed by atoms with van der Waals surface area (Å²) in [5, 5.41) is 8.41. The number of ether oxygens (including phenoxy) is 2. The molecule has 0 amide bonds. The van der Waals surface area contributed by atoms with Crippen molar-refractivity contribution in [2.24, 2.45) is 5.92 Å². The highest BCUT2D eigenvalue weighted by atomic mass is 16.5. The number of para-hydroxylation sites is 1. The molecule has 7 nitrogen and oxygen atoms in total. The van der Waals surface area contributed by atoms with Crippen LogP contribution in [0, 0.1) is 5.92 Å². The molecule has 1 aliphatic rings. The van der Waals surface area contributed by atoms with Gasteiger partial charge in [-0.2, -0.15) is 4.98 Å². The lowest BCUT2D eigenvalue weighted by atomic mass is 9.86. The first kappa shape index (κ1) is 30.4. The van der Waals surface area contributed by atoms with Crippen LogP contribution in [0.5, 0.6) is 11.5 Å². The van der Waals surface area contributed by atoms with E-state index in [1.807, 2.05) is 68.7 Å². The molecule has 1 aromatic heterocycles. The van der Waals surface area contributed by atoms with Gasteiger partial charge in [0.1, 0.15) is 19.0 Å². The predicted octanol–water partition coefficient (Wildman–Crippen LogP) is 7.61. The Morgan fingerprint density at radius 1 is 0.689 bits per heavy atom. The van der Waals surface area contributed by atoms with Gasteiger partial charge < -0.3 is 25.0 Å². The van der Waals surface area contributed by atoms with Gasteiger partial charge in [0.05, 0.1) is 5.52 Å². The van der Waals surface area contributed by atoms with Gasteiger partial charge in [-0.3, -0.25) is 0 Å². The van der Waals surface area contributed by atoms with Crippen molar-refractivity contribution < 1.29 is 9.47 Å². The Hall–Kier alpha value is -4.62. The van der Waals surface area contributed by atoms with E-state index >= 15 is 0 Å². The van der Waals surface area contributed by atoms with Gasteiger partial charge in [0.15, 0.2) is 11.5 Å². The fourth-order valence-corrected chi connectivity index (χ4v) is 5.94. The number of hydrogen-bond donors (Lipinski definition) is 2. The molecule has 0 radical (unpaired) electrons. The minimum absolute atomic E-state index is 0.394. The fourth-order valence-electron chi connectivity index (χ4n) is 5.94. The molecule has 6 rings (SSSR count). The summed E-state index contributed by atoms with van der Waals surface area (Å²) in [5.74, 6) is 3.86. The van der Waals surface area contributed by atoms with Gasteiger partial charge in [-0.05, 0) is 79.1 Å². The van der Waals surface area contributed by atoms with E-state index in [-0.39, 0.29) is 0 Å². The van der Waals surface area contributed by atoms with E-state index in [0.29, 0.717) is 25.2 Å². The SMILES string of the molecule is CN(C)c1nc(N[C@H]2CC[C@@H](CNCc3ccc(OCc4ccccc4)c(OCc4ccccc4)c3)CC2)nc2ccccc12. The van der Waals surface area contributed by atoms with Crippen LogP contribution in [-0.2, 0) is 19.8 Å². The maximum Gasteiger partial charge on any atom is 0.225 e. The van der Waals surface area contributed by atoms with Crippen LogP contribution in [-0.4, -0.2) is 36.6 Å². The maximum atomic E-state index is 6.28. The molecule has 4 aromatic carbocycles. The number of aromatic nitrogens is 2. The van der Waals surface area contributed by atoms with Crippen molar-refractivity contribution >= 4 is 22.7 Å². The van der Waals surface area contributed by atoms with Gasteiger partial charge in [-0.1, -0.05) is 78.9 Å². The molecule has 45 heavy (non-hydrogen) atoms. The molecular formula is C38H43N5O2. The minimum Gasteiger partial charge on any atom is -0.485 e. The Kier molecular flexibility index (Phi) is 10.1. The van der Waals surface area contributed by atoms with Crippen LogP contribution in [0.25, 0.3) is 10.9 Å². The molecule has 1 saturated carbocycles. The molecular weight excluding hydrogens is 558 g/mol. The largest absolute Gasteiger partial charge is 0.485 e. The molecule has 0 bridgehead atoms. The Morgan fingerprint density at radius 2 is 1.33 bits per heavy atom. The summed E-state index contributed by atoms with van der Waals surface area (Å²) in [6.07, 6.45) is 4.59. The summed E-state index contributed by atoms with van der Waals surface area (Å²) >= 11 is 0. The summed E-state index contributed by atoms with van der Waals surface area (Å²) in [6, 6.07) is 35.4. The minimum atomic E-state index is 0.394. The quantitative estimate of drug-likeness (QED) is 0.144. The zero-order valence-electron chi connectivity index (χ0n) is 26.3. The monoisotopic (exact) mass is 601 g/mol. The van der Waals surface area contributed by atoms with Crippen LogP contribution in [0.1, 0.15) is 42.4 Å². The fraction of sp³-hybridized carbons (Fsp3) is 0.316. The highest BCUT2D eigenvalue weighted by molar-refractivity contribution is 5.90. The molecule has 1 fully saturated rings. The molecule has 7 heteroatoms. The summed E-state index contributed by atoms with van der Waals surface area (Å²) in [5.41, 5.74) is 4.42. The lowest BCUT2D eigenvalue weighted by Gasteiger charge is -2.29. The van der Waals surface area contributed by atoms with Crippen LogP contribution < -0.4 is 25.0 Å². The van der Waals surface area contributed by atoms with Crippen molar-refractivity contribution in [2.75, 3.05) is 30.9 Å². The second-order valence-corrected chi connectivity index (χ2v) is 12.1. The van der Waals surface area contributed by atoms with Crippen LogP contribution in [0.3, 0.4) is 0 Å². The molecule has 0 unspecified atom stereocenters. The molecule has 0 saturated heterocycles. The number of hydrogen-bond acceptors (Lipinski definition) is 7. The number of fused-ring (bicyclic) bond motifs is 1. The summed E-state index contributed by atoms with van der Waals surface area (Å²) in [6.45, 7) is 2.78. The molecule has 0 spiro atoms. The Bertz CT molecular complexity index is 1650. The molecule has 1 heterocycles. The number of nitrogens with zero attached hydrogens (tertiary/aromatic N) is 3. The number of benzene rings is 4. The predicted molar refractivity (Wildman–Crippen MR) is 183 cm³/mol. The summed E-state index contributed by atoms with van der Waals surface area (Å²) in [7, 11) is 4.06. The van der Waals surface area contributed by atoms with E-state index in [0.717, 1.165) is 71.2 Å². The van der Waals surface area contributed by atoms with Crippen LogP contribution in [0.4, 0.5) is 11.8 Å². The van der Waals surface area contributed by atoms with Crippen LogP contribution >= 0.6 is 0 Å². The van der Waals surface area contributed by atoms with Gasteiger partial charge in [-0.15, -0.1) is 0 Å². The van der Waals surface area contributed by atoms with Crippen molar-refractivity contribution in [1.29, 1.82) is 0 Å². The second kappa shape index (κ2) is 14.9. The zero-order chi connectivity index (χ0) is 30.8. The standard InChI is InChI=1S/C38H43N5O2/c1-43(2)37-33-15-9-10-16-34(33)41-38(42-37)40-32-20-17-28(18-21-32)24-39-25-31-19-22-35(44-26-29-11-5-3-6-12-29)36(23-31)45-27-30-13-7-4-8-14-30/h3-16,19,22-23,28,32,39H,17-18,20-21,24-27H2,1-2H3,(H,40,41,42)/t28-,32+. The van der Waals surface area contributed by atoms with Gasteiger partial charge >= 0.3 is 0 Å². The van der Waals surface area contributed by atoms with Gasteiger partial charge in [0, 0.05) is 32.1 Å². The van der Waals surface area contributed by atoms with E-state index in [9.17, 15) is 0 Å². The summed E-state index contributed by atoms with van der Waals surface area (Å²) < 4.78 is 12.5. The van der Waals surface area contributed by atoms with E-state index in [4.69, 9.17) is 19.4 Å². The number of nitrogens with one attached hydrogen (secondary N) is 2. The Labute approximate surface area is 266 Å². The van der Waals surface area contributed by atoms with Gasteiger partial charge in [0.25, 0.3) is 0 Å². The van der Waals surface area contributed by atoms with Crippen molar-refractivity contribution in [3.8, 4) is 11.5 Å². The van der Waals surface area contributed by atoms with E-state index < -0.39 is 0 Å². The van der Waals surface area contributed by atoms with Crippen LogP contribution in [0.2, 0.25) is 0 Å². The molecule has 5 aromatic rings. The highest BCUT2D eigenvalue weighted by Gasteiger charge is 2.22. The highest BCUT2D eigenvalue weighted by Crippen LogP contribution is 2.31. The van der Waals surface area contributed by atoms with Gasteiger partial charge in [-0.25, -0.2) is 4.98 Å². The molecule has 2 N–H and O–H groups in total. The topological polar surface area (TPSA) is 71.5 Å². The van der Waals surface area contributed by atoms with E-state index in [1.165, 1.54) is 18.4 Å². The van der Waals surface area contributed by atoms with Crippen molar-refractivity contribution in [1.82, 2.24) is 15.3 Å². The maximum absolute atomic E-state index is 6.28. The smallest absolute Gasteiger partial charge is 0.225 e. The molecule has 1 aliphatic carbocycles. The summed E-state index contributed by atoms with van der Waals surface area (Å²) in [4.78, 5) is 11.7. The van der Waals surface area contributed by atoms with Crippen molar-refractivity contribution in [2.45, 2.75) is 51.5 Å². The Morgan fingerprint density at radius 3 is 2.02 bits per heavy atom. The molecule has 0 atom stereocenters. The average molecular weight is 602 g/mol. The van der Waals surface area contributed by atoms with Crippen molar-refractivity contribution in [3.05, 3.63) is 120 Å². The third kappa shape index (κ3) is 8.31. The van der Waals surface area contributed by atoms with E-state index in [1.54, 1.807) is 0 Å². The second-order valence-electron chi connectivity index (χ2n) is 12.1. The first-order chi connectivity index (χ1) is 22.1. The molecule has 232 valence electrons. The normalized spacial score (nSPS) is 16.3. The van der Waals surface area contributed by atoms with Gasteiger partial charge in [0.2, 0.25) is 5.95 Å². The third-order valence-corrected chi connectivity index (χ3v) is 8.43. The number of rotatable bonds is 13. The molecule has 0 aliphatic heterocycles. The average Bonchev–Trinajstić information content (AvgIpc) is 3.08. The first-order valence-electron chi connectivity index (χ1n) is 16.0. The Balaban J connectivity index is 1.01. The number of anilines is 2. The lowest BCUT2D eigenvalue weighted by molar-refractivity contribution is 0.255. The lowest BCUT2D eigenvalue weighted by Crippen LogP contribution is -2.31. The van der Waals surface area contributed by atoms with Crippen molar-refractivity contribution in [3.63, 3.8) is 0 Å². The van der Waals surface area contributed by atoms with E-state index in [2.05, 4.69) is 64.1 Å². The zero-order valence-corrected chi connectivity index (χ0v) is 26.3.